The Morgan fingerprint density at radius 2 is 1.87 bits per heavy atom. The predicted molar refractivity (Wildman–Crippen MR) is 116 cm³/mol. The molecule has 5 rings (SSSR count). The smallest absolute Gasteiger partial charge is 0.228 e. The van der Waals surface area contributed by atoms with Crippen molar-refractivity contribution in [2.24, 2.45) is 5.92 Å². The first-order valence-electron chi connectivity index (χ1n) is 10.6. The Kier molecular flexibility index (Phi) is 5.00. The van der Waals surface area contributed by atoms with E-state index in [-0.39, 0.29) is 11.8 Å². The van der Waals surface area contributed by atoms with Crippen LogP contribution in [0.5, 0.6) is 0 Å². The number of hydrogen-bond donors (Lipinski definition) is 1. The SMILES string of the molecule is Cc1ncc(-c2ccc3cnc(NC(=O)C4CC(N5CCN(C)CC5)C4)cc3c2)o1. The van der Waals surface area contributed by atoms with Crippen LogP contribution in [0.3, 0.4) is 0 Å². The summed E-state index contributed by atoms with van der Waals surface area (Å²) in [4.78, 5) is 26.2. The fourth-order valence-corrected chi connectivity index (χ4v) is 4.37. The summed E-state index contributed by atoms with van der Waals surface area (Å²) in [7, 11) is 2.17. The van der Waals surface area contributed by atoms with Crippen LogP contribution in [0.25, 0.3) is 22.1 Å². The maximum Gasteiger partial charge on any atom is 0.228 e. The molecule has 0 atom stereocenters. The van der Waals surface area contributed by atoms with Crippen LogP contribution in [0.4, 0.5) is 5.82 Å². The van der Waals surface area contributed by atoms with Crippen LogP contribution in [-0.2, 0) is 4.79 Å². The Hall–Kier alpha value is -2.77. The molecule has 0 bridgehead atoms. The van der Waals surface area contributed by atoms with Gasteiger partial charge in [-0.3, -0.25) is 9.69 Å². The van der Waals surface area contributed by atoms with Crippen LogP contribution in [-0.4, -0.2) is 64.9 Å². The van der Waals surface area contributed by atoms with Crippen LogP contribution in [0.1, 0.15) is 18.7 Å². The van der Waals surface area contributed by atoms with Crippen LogP contribution in [0.15, 0.2) is 41.1 Å². The maximum atomic E-state index is 12.7. The summed E-state index contributed by atoms with van der Waals surface area (Å²) in [6.45, 7) is 6.27. The normalized spacial score (nSPS) is 22.7. The minimum atomic E-state index is 0.0780. The Labute approximate surface area is 176 Å². The van der Waals surface area contributed by atoms with Gasteiger partial charge in [-0.05, 0) is 37.4 Å². The lowest BCUT2D eigenvalue weighted by atomic mass is 9.78. The lowest BCUT2D eigenvalue weighted by molar-refractivity contribution is -0.124. The number of amides is 1. The summed E-state index contributed by atoms with van der Waals surface area (Å²) < 4.78 is 5.63. The fourth-order valence-electron chi connectivity index (χ4n) is 4.37. The molecule has 3 heterocycles. The third kappa shape index (κ3) is 3.82. The van der Waals surface area contributed by atoms with Crippen LogP contribution >= 0.6 is 0 Å². The van der Waals surface area contributed by atoms with Crippen LogP contribution in [0, 0.1) is 12.8 Å². The molecule has 1 saturated heterocycles. The van der Waals surface area contributed by atoms with Gasteiger partial charge in [0.1, 0.15) is 5.82 Å². The number of piperazine rings is 1. The molecule has 1 aromatic carbocycles. The molecule has 0 radical (unpaired) electrons. The monoisotopic (exact) mass is 405 g/mol. The fraction of sp³-hybridized carbons (Fsp3) is 0.435. The quantitative estimate of drug-likeness (QED) is 0.719. The Morgan fingerprint density at radius 1 is 1.07 bits per heavy atom. The average Bonchev–Trinajstić information content (AvgIpc) is 3.14. The number of carbonyl (C=O) groups excluding carboxylic acids is 1. The highest BCUT2D eigenvalue weighted by Gasteiger charge is 2.38. The van der Waals surface area contributed by atoms with E-state index in [4.69, 9.17) is 4.42 Å². The van der Waals surface area contributed by atoms with E-state index in [1.807, 2.05) is 31.2 Å². The first-order valence-corrected chi connectivity index (χ1v) is 10.6. The van der Waals surface area contributed by atoms with Gasteiger partial charge in [0.25, 0.3) is 0 Å². The van der Waals surface area contributed by atoms with E-state index in [9.17, 15) is 4.79 Å². The summed E-state index contributed by atoms with van der Waals surface area (Å²) >= 11 is 0. The number of hydrogen-bond acceptors (Lipinski definition) is 6. The second-order valence-corrected chi connectivity index (χ2v) is 8.53. The molecule has 3 aromatic rings. The number of nitrogens with one attached hydrogen (secondary N) is 1. The van der Waals surface area contributed by atoms with Gasteiger partial charge in [0, 0.05) is 62.2 Å². The van der Waals surface area contributed by atoms with E-state index >= 15 is 0 Å². The first kappa shape index (κ1) is 19.2. The molecule has 1 aliphatic heterocycles. The Morgan fingerprint density at radius 3 is 2.60 bits per heavy atom. The lowest BCUT2D eigenvalue weighted by Crippen LogP contribution is -2.54. The standard InChI is InChI=1S/C23H27N5O2/c1-15-24-14-21(30-15)16-3-4-17-13-25-22(12-18(17)9-16)26-23(29)19-10-20(11-19)28-7-5-27(2)6-8-28/h3-4,9,12-14,19-20H,5-8,10-11H2,1-2H3,(H,25,26,29). The molecule has 30 heavy (non-hydrogen) atoms. The molecule has 0 spiro atoms. The molecule has 0 unspecified atom stereocenters. The molecule has 156 valence electrons. The predicted octanol–water partition coefficient (Wildman–Crippen LogP) is 3.16. The van der Waals surface area contributed by atoms with Gasteiger partial charge in [-0.15, -0.1) is 0 Å². The van der Waals surface area contributed by atoms with Gasteiger partial charge in [-0.25, -0.2) is 9.97 Å². The molecule has 1 saturated carbocycles. The summed E-state index contributed by atoms with van der Waals surface area (Å²) in [6, 6.07) is 8.52. The summed E-state index contributed by atoms with van der Waals surface area (Å²) in [6.07, 6.45) is 5.41. The van der Waals surface area contributed by atoms with Gasteiger partial charge in [-0.1, -0.05) is 12.1 Å². The highest BCUT2D eigenvalue weighted by Crippen LogP contribution is 2.33. The van der Waals surface area contributed by atoms with Crippen molar-refractivity contribution in [2.75, 3.05) is 38.5 Å². The highest BCUT2D eigenvalue weighted by atomic mass is 16.4. The van der Waals surface area contributed by atoms with Gasteiger partial charge in [0.15, 0.2) is 11.7 Å². The van der Waals surface area contributed by atoms with E-state index < -0.39 is 0 Å². The Balaban J connectivity index is 1.23. The minimum Gasteiger partial charge on any atom is -0.441 e. The number of likely N-dealkylation sites (N-methyl/N-ethyl adjacent to an activating group) is 1. The van der Waals surface area contributed by atoms with E-state index in [0.29, 0.717) is 17.8 Å². The molecule has 2 aliphatic rings. The molecule has 1 N–H and O–H groups in total. The maximum absolute atomic E-state index is 12.7. The zero-order valence-corrected chi connectivity index (χ0v) is 17.5. The largest absolute Gasteiger partial charge is 0.441 e. The number of fused-ring (bicyclic) bond motifs is 1. The van der Waals surface area contributed by atoms with Gasteiger partial charge in [-0.2, -0.15) is 0 Å². The van der Waals surface area contributed by atoms with Gasteiger partial charge >= 0.3 is 0 Å². The van der Waals surface area contributed by atoms with E-state index in [1.54, 1.807) is 12.4 Å². The molecule has 7 heteroatoms. The number of aryl methyl sites for hydroxylation is 1. The number of oxazole rings is 1. The third-order valence-electron chi connectivity index (χ3n) is 6.42. The lowest BCUT2D eigenvalue weighted by Gasteiger charge is -2.45. The zero-order valence-electron chi connectivity index (χ0n) is 17.5. The second kappa shape index (κ2) is 7.81. The van der Waals surface area contributed by atoms with Crippen molar-refractivity contribution in [1.29, 1.82) is 0 Å². The highest BCUT2D eigenvalue weighted by molar-refractivity contribution is 5.95. The number of pyridine rings is 1. The number of anilines is 1. The Bertz CT molecular complexity index is 1060. The minimum absolute atomic E-state index is 0.0780. The van der Waals surface area contributed by atoms with Crippen molar-refractivity contribution in [3.8, 4) is 11.3 Å². The van der Waals surface area contributed by atoms with Crippen molar-refractivity contribution in [1.82, 2.24) is 19.8 Å². The third-order valence-corrected chi connectivity index (χ3v) is 6.42. The number of carbonyl (C=O) groups is 1. The van der Waals surface area contributed by atoms with Gasteiger partial charge < -0.3 is 14.6 Å². The van der Waals surface area contributed by atoms with Gasteiger partial charge in [0.05, 0.1) is 6.20 Å². The van der Waals surface area contributed by atoms with Crippen LogP contribution in [0.2, 0.25) is 0 Å². The van der Waals surface area contributed by atoms with E-state index in [0.717, 1.165) is 61.1 Å². The molecular weight excluding hydrogens is 378 g/mol. The molecule has 2 fully saturated rings. The molecule has 2 aromatic heterocycles. The second-order valence-electron chi connectivity index (χ2n) is 8.53. The molecule has 1 amide bonds. The topological polar surface area (TPSA) is 74.5 Å². The number of benzene rings is 1. The molecular formula is C23H27N5O2. The van der Waals surface area contributed by atoms with Crippen molar-refractivity contribution in [3.05, 3.63) is 42.5 Å². The number of rotatable bonds is 4. The molecule has 1 aliphatic carbocycles. The van der Waals surface area contributed by atoms with Crippen molar-refractivity contribution in [2.45, 2.75) is 25.8 Å². The summed E-state index contributed by atoms with van der Waals surface area (Å²) in [5.41, 5.74) is 0.959. The summed E-state index contributed by atoms with van der Waals surface area (Å²) in [5, 5.41) is 5.05. The summed E-state index contributed by atoms with van der Waals surface area (Å²) in [5.74, 6) is 2.13. The van der Waals surface area contributed by atoms with Gasteiger partial charge in [0.2, 0.25) is 5.91 Å². The average molecular weight is 406 g/mol. The number of aromatic nitrogens is 2. The van der Waals surface area contributed by atoms with Crippen molar-refractivity contribution >= 4 is 22.5 Å². The number of nitrogens with zero attached hydrogens (tertiary/aromatic N) is 4. The van der Waals surface area contributed by atoms with E-state index in [2.05, 4.69) is 32.1 Å². The molecule has 7 nitrogen and oxygen atoms in total. The van der Waals surface area contributed by atoms with E-state index in [1.165, 1.54) is 0 Å². The zero-order chi connectivity index (χ0) is 20.7. The first-order chi connectivity index (χ1) is 14.5. The van der Waals surface area contributed by atoms with Crippen LogP contribution < -0.4 is 5.32 Å². The van der Waals surface area contributed by atoms with Crippen molar-refractivity contribution in [3.63, 3.8) is 0 Å². The van der Waals surface area contributed by atoms with Crippen molar-refractivity contribution < 1.29 is 9.21 Å².